The van der Waals surface area contributed by atoms with Gasteiger partial charge in [-0.2, -0.15) is 0 Å². The monoisotopic (exact) mass is 347 g/mol. The normalized spacial score (nSPS) is 10.3. The van der Waals surface area contributed by atoms with Gasteiger partial charge in [0.15, 0.2) is 17.3 Å². The first-order valence-electron chi connectivity index (χ1n) is 7.62. The number of ketones is 1. The molecule has 0 aliphatic heterocycles. The maximum Gasteiger partial charge on any atom is 0.226 e. The molecule has 0 aliphatic carbocycles. The summed E-state index contributed by atoms with van der Waals surface area (Å²) in [6.45, 7) is 0. The summed E-state index contributed by atoms with van der Waals surface area (Å²) in [5.41, 5.74) is 0.724. The number of anilines is 1. The number of amides is 1. The molecule has 0 saturated heterocycles. The van der Waals surface area contributed by atoms with Crippen molar-refractivity contribution in [3.05, 3.63) is 40.6 Å². The minimum Gasteiger partial charge on any atom is -0.493 e. The van der Waals surface area contributed by atoms with E-state index in [0.29, 0.717) is 30.8 Å². The van der Waals surface area contributed by atoms with Gasteiger partial charge in [0.1, 0.15) is 0 Å². The zero-order chi connectivity index (χ0) is 17.5. The molecule has 0 radical (unpaired) electrons. The number of rotatable bonds is 8. The second-order valence-electron chi connectivity index (χ2n) is 5.25. The van der Waals surface area contributed by atoms with Gasteiger partial charge in [-0.25, -0.2) is 0 Å². The van der Waals surface area contributed by atoms with Crippen molar-refractivity contribution in [3.8, 4) is 11.5 Å². The number of nitrogens with zero attached hydrogens (tertiary/aromatic N) is 1. The molecule has 0 spiro atoms. The largest absolute Gasteiger partial charge is 0.493 e. The highest BCUT2D eigenvalue weighted by molar-refractivity contribution is 7.12. The van der Waals surface area contributed by atoms with Gasteiger partial charge in [0.2, 0.25) is 5.91 Å². The SMILES string of the molecule is COc1ccc(N(C)C(=O)CCCC(=O)c2cccs2)cc1OC. The van der Waals surface area contributed by atoms with Gasteiger partial charge in [-0.05, 0) is 30.0 Å². The number of thiophene rings is 1. The Bertz CT molecular complexity index is 697. The molecule has 2 aromatic rings. The highest BCUT2D eigenvalue weighted by Crippen LogP contribution is 2.31. The van der Waals surface area contributed by atoms with Gasteiger partial charge in [0.05, 0.1) is 19.1 Å². The maximum atomic E-state index is 12.3. The number of hydrogen-bond donors (Lipinski definition) is 0. The van der Waals surface area contributed by atoms with E-state index in [1.165, 1.54) is 11.3 Å². The van der Waals surface area contributed by atoms with Crippen LogP contribution in [0, 0.1) is 0 Å². The molecule has 1 aromatic heterocycles. The minimum atomic E-state index is -0.0406. The Morgan fingerprint density at radius 2 is 1.83 bits per heavy atom. The maximum absolute atomic E-state index is 12.3. The van der Waals surface area contributed by atoms with E-state index >= 15 is 0 Å². The zero-order valence-corrected chi connectivity index (χ0v) is 14.9. The van der Waals surface area contributed by atoms with E-state index in [-0.39, 0.29) is 11.7 Å². The molecule has 0 atom stereocenters. The molecule has 5 nitrogen and oxygen atoms in total. The van der Waals surface area contributed by atoms with Crippen molar-refractivity contribution in [3.63, 3.8) is 0 Å². The Morgan fingerprint density at radius 1 is 1.08 bits per heavy atom. The van der Waals surface area contributed by atoms with Crippen molar-refractivity contribution in [2.24, 2.45) is 0 Å². The summed E-state index contributed by atoms with van der Waals surface area (Å²) in [7, 11) is 4.83. The number of methoxy groups -OCH3 is 2. The highest BCUT2D eigenvalue weighted by atomic mass is 32.1. The Labute approximate surface area is 145 Å². The van der Waals surface area contributed by atoms with E-state index in [4.69, 9.17) is 9.47 Å². The molecular formula is C18H21NO4S. The standard InChI is InChI=1S/C18H21NO4S/c1-19(13-9-10-15(22-2)16(12-13)23-3)18(21)8-4-6-14(20)17-7-5-11-24-17/h5,7,9-12H,4,6,8H2,1-3H3. The second kappa shape index (κ2) is 8.49. The Kier molecular flexibility index (Phi) is 6.37. The summed E-state index contributed by atoms with van der Waals surface area (Å²) >= 11 is 1.43. The molecule has 0 fully saturated rings. The first-order valence-corrected chi connectivity index (χ1v) is 8.50. The van der Waals surface area contributed by atoms with E-state index in [0.717, 1.165) is 10.6 Å². The van der Waals surface area contributed by atoms with Gasteiger partial charge in [0.25, 0.3) is 0 Å². The van der Waals surface area contributed by atoms with Crippen molar-refractivity contribution >= 4 is 28.7 Å². The predicted octanol–water partition coefficient (Wildman–Crippen LogP) is 3.78. The Balaban J connectivity index is 1.91. The summed E-state index contributed by atoms with van der Waals surface area (Å²) in [4.78, 5) is 26.6. The molecule has 1 aromatic carbocycles. The van der Waals surface area contributed by atoms with Crippen molar-refractivity contribution in [2.75, 3.05) is 26.2 Å². The second-order valence-corrected chi connectivity index (χ2v) is 6.19. The van der Waals surface area contributed by atoms with Crippen molar-refractivity contribution in [2.45, 2.75) is 19.3 Å². The third-order valence-corrected chi connectivity index (χ3v) is 4.63. The van der Waals surface area contributed by atoms with Crippen LogP contribution in [0.5, 0.6) is 11.5 Å². The van der Waals surface area contributed by atoms with E-state index < -0.39 is 0 Å². The summed E-state index contributed by atoms with van der Waals surface area (Å²) in [6, 6.07) is 8.99. The molecule has 0 unspecified atom stereocenters. The van der Waals surface area contributed by atoms with Gasteiger partial charge in [-0.3, -0.25) is 9.59 Å². The fourth-order valence-electron chi connectivity index (χ4n) is 2.31. The number of Topliss-reactive ketones (excluding diaryl/α,β-unsaturated/α-hetero) is 1. The molecular weight excluding hydrogens is 326 g/mol. The van der Waals surface area contributed by atoms with Gasteiger partial charge >= 0.3 is 0 Å². The lowest BCUT2D eigenvalue weighted by molar-refractivity contribution is -0.118. The first-order chi connectivity index (χ1) is 11.6. The van der Waals surface area contributed by atoms with Gasteiger partial charge < -0.3 is 14.4 Å². The Morgan fingerprint density at radius 3 is 2.46 bits per heavy atom. The molecule has 6 heteroatoms. The van der Waals surface area contributed by atoms with E-state index in [1.54, 1.807) is 44.4 Å². The van der Waals surface area contributed by atoms with Gasteiger partial charge in [0, 0.05) is 31.6 Å². The quantitative estimate of drug-likeness (QED) is 0.682. The predicted molar refractivity (Wildman–Crippen MR) is 95.5 cm³/mol. The Hall–Kier alpha value is -2.34. The van der Waals surface area contributed by atoms with Crippen LogP contribution in [0.3, 0.4) is 0 Å². The number of hydrogen-bond acceptors (Lipinski definition) is 5. The topological polar surface area (TPSA) is 55.8 Å². The number of carbonyl (C=O) groups excluding carboxylic acids is 2. The van der Waals surface area contributed by atoms with E-state index in [1.807, 2.05) is 17.5 Å². The highest BCUT2D eigenvalue weighted by Gasteiger charge is 2.15. The van der Waals surface area contributed by atoms with Crippen LogP contribution < -0.4 is 14.4 Å². The third-order valence-electron chi connectivity index (χ3n) is 3.72. The number of ether oxygens (including phenoxy) is 2. The van der Waals surface area contributed by atoms with Crippen molar-refractivity contribution in [1.29, 1.82) is 0 Å². The number of carbonyl (C=O) groups is 2. The average Bonchev–Trinajstić information content (AvgIpc) is 3.14. The lowest BCUT2D eigenvalue weighted by atomic mass is 10.1. The average molecular weight is 347 g/mol. The summed E-state index contributed by atoms with van der Waals surface area (Å²) in [5.74, 6) is 1.24. The molecule has 24 heavy (non-hydrogen) atoms. The van der Waals surface area contributed by atoms with Gasteiger partial charge in [-0.15, -0.1) is 11.3 Å². The van der Waals surface area contributed by atoms with Crippen LogP contribution in [-0.4, -0.2) is 33.0 Å². The summed E-state index contributed by atoms with van der Waals surface area (Å²) in [6.07, 6.45) is 1.24. The van der Waals surface area contributed by atoms with Gasteiger partial charge in [-0.1, -0.05) is 6.07 Å². The van der Waals surface area contributed by atoms with Crippen LogP contribution in [0.15, 0.2) is 35.7 Å². The van der Waals surface area contributed by atoms with Crippen molar-refractivity contribution < 1.29 is 19.1 Å². The third kappa shape index (κ3) is 4.35. The fourth-order valence-corrected chi connectivity index (χ4v) is 3.00. The smallest absolute Gasteiger partial charge is 0.226 e. The van der Waals surface area contributed by atoms with Crippen LogP contribution in [-0.2, 0) is 4.79 Å². The van der Waals surface area contributed by atoms with Crippen LogP contribution in [0.2, 0.25) is 0 Å². The molecule has 0 N–H and O–H groups in total. The lowest BCUT2D eigenvalue weighted by Crippen LogP contribution is -2.26. The zero-order valence-electron chi connectivity index (χ0n) is 14.1. The van der Waals surface area contributed by atoms with E-state index in [9.17, 15) is 9.59 Å². The lowest BCUT2D eigenvalue weighted by Gasteiger charge is -2.19. The van der Waals surface area contributed by atoms with E-state index in [2.05, 4.69) is 0 Å². The minimum absolute atomic E-state index is 0.0406. The molecule has 0 bridgehead atoms. The van der Waals surface area contributed by atoms with Crippen molar-refractivity contribution in [1.82, 2.24) is 0 Å². The number of benzene rings is 1. The molecule has 0 saturated carbocycles. The molecule has 1 heterocycles. The fraction of sp³-hybridized carbons (Fsp3) is 0.333. The van der Waals surface area contributed by atoms with Crippen LogP contribution in [0.1, 0.15) is 28.9 Å². The van der Waals surface area contributed by atoms with Crippen LogP contribution in [0.4, 0.5) is 5.69 Å². The summed E-state index contributed by atoms with van der Waals surface area (Å²) < 4.78 is 10.4. The molecule has 128 valence electrons. The molecule has 1 amide bonds. The summed E-state index contributed by atoms with van der Waals surface area (Å²) in [5, 5.41) is 1.88. The molecule has 2 rings (SSSR count). The first kappa shape index (κ1) is 18.0. The van der Waals surface area contributed by atoms with Crippen LogP contribution in [0.25, 0.3) is 0 Å². The van der Waals surface area contributed by atoms with Crippen LogP contribution >= 0.6 is 11.3 Å². The molecule has 0 aliphatic rings.